The molecule has 1 saturated heterocycles. The van der Waals surface area contributed by atoms with Gasteiger partial charge in [0.2, 0.25) is 0 Å². The summed E-state index contributed by atoms with van der Waals surface area (Å²) in [4.78, 5) is 28.4. The molecular weight excluding hydrogens is 323 g/mol. The number of benzene rings is 1. The van der Waals surface area contributed by atoms with E-state index in [1.807, 2.05) is 0 Å². The normalized spacial score (nSPS) is 17.6. The van der Waals surface area contributed by atoms with Crippen LogP contribution >= 0.6 is 0 Å². The van der Waals surface area contributed by atoms with E-state index in [9.17, 15) is 14.0 Å². The lowest BCUT2D eigenvalue weighted by Crippen LogP contribution is -2.48. The summed E-state index contributed by atoms with van der Waals surface area (Å²) in [6.07, 6.45) is 2.02. The van der Waals surface area contributed by atoms with Crippen molar-refractivity contribution in [3.05, 3.63) is 53.2 Å². The van der Waals surface area contributed by atoms with Gasteiger partial charge in [-0.2, -0.15) is 0 Å². The van der Waals surface area contributed by atoms with Gasteiger partial charge in [0.05, 0.1) is 5.56 Å². The van der Waals surface area contributed by atoms with Crippen LogP contribution in [-0.2, 0) is 6.42 Å². The Hall–Kier alpha value is -2.63. The summed E-state index contributed by atoms with van der Waals surface area (Å²) >= 11 is 0. The number of fused-ring (bicyclic) bond motifs is 1. The molecule has 4 rings (SSSR count). The van der Waals surface area contributed by atoms with Gasteiger partial charge in [-0.15, -0.1) is 0 Å². The molecule has 1 aliphatic heterocycles. The van der Waals surface area contributed by atoms with Crippen LogP contribution in [0.1, 0.15) is 39.5 Å². The van der Waals surface area contributed by atoms with Crippen LogP contribution in [0.3, 0.4) is 0 Å². The van der Waals surface area contributed by atoms with Gasteiger partial charge in [0, 0.05) is 50.8 Å². The summed E-state index contributed by atoms with van der Waals surface area (Å²) in [6.45, 7) is 2.48. The molecular formula is C19H19FN2O3. The second kappa shape index (κ2) is 6.35. The Labute approximate surface area is 145 Å². The second-order valence-electron chi connectivity index (χ2n) is 6.48. The predicted molar refractivity (Wildman–Crippen MR) is 90.5 cm³/mol. The smallest absolute Gasteiger partial charge is 0.289 e. The number of piperazine rings is 1. The average Bonchev–Trinajstić information content (AvgIpc) is 3.08. The molecule has 1 aromatic carbocycles. The van der Waals surface area contributed by atoms with Crippen molar-refractivity contribution in [3.63, 3.8) is 0 Å². The molecule has 2 aromatic rings. The first-order chi connectivity index (χ1) is 12.1. The van der Waals surface area contributed by atoms with Gasteiger partial charge in [0.15, 0.2) is 11.5 Å². The Morgan fingerprint density at radius 1 is 1.04 bits per heavy atom. The van der Waals surface area contributed by atoms with Crippen LogP contribution in [-0.4, -0.2) is 42.8 Å². The van der Waals surface area contributed by atoms with Crippen LogP contribution in [0, 0.1) is 5.82 Å². The zero-order valence-corrected chi connectivity index (χ0v) is 13.8. The molecule has 0 bridgehead atoms. The second-order valence-corrected chi connectivity index (χ2v) is 6.48. The van der Waals surface area contributed by atoms with Crippen molar-refractivity contribution in [1.29, 1.82) is 0 Å². The summed E-state index contributed by atoms with van der Waals surface area (Å²) < 4.78 is 18.7. The zero-order valence-electron chi connectivity index (χ0n) is 13.8. The Kier molecular flexibility index (Phi) is 4.03. The van der Waals surface area contributed by atoms with Crippen LogP contribution in [0.5, 0.6) is 0 Å². The Morgan fingerprint density at radius 2 is 1.76 bits per heavy atom. The minimum Gasteiger partial charge on any atom is -0.455 e. The minimum atomic E-state index is -0.256. The van der Waals surface area contributed by atoms with Crippen LogP contribution in [0.4, 0.5) is 10.1 Å². The number of hydrogen-bond donors (Lipinski definition) is 0. The number of aryl methyl sites for hydroxylation is 1. The molecule has 5 nitrogen and oxygen atoms in total. The lowest BCUT2D eigenvalue weighted by atomic mass is 9.97. The molecule has 0 spiro atoms. The van der Waals surface area contributed by atoms with Gasteiger partial charge in [-0.1, -0.05) is 0 Å². The Bertz CT molecular complexity index is 805. The highest BCUT2D eigenvalue weighted by Gasteiger charge is 2.28. The molecule has 2 heterocycles. The van der Waals surface area contributed by atoms with Crippen molar-refractivity contribution >= 4 is 17.4 Å². The quantitative estimate of drug-likeness (QED) is 0.842. The Morgan fingerprint density at radius 3 is 2.44 bits per heavy atom. The SMILES string of the molecule is O=C1CCCc2oc(C(=O)N3CCN(c4ccc(F)cc4)CC3)cc21. The maximum atomic E-state index is 13.0. The highest BCUT2D eigenvalue weighted by molar-refractivity contribution is 6.01. The number of carbonyl (C=O) groups excluding carboxylic acids is 2. The maximum absolute atomic E-state index is 13.0. The van der Waals surface area contributed by atoms with E-state index in [1.165, 1.54) is 12.1 Å². The van der Waals surface area contributed by atoms with Crippen molar-refractivity contribution in [1.82, 2.24) is 4.90 Å². The van der Waals surface area contributed by atoms with E-state index >= 15 is 0 Å². The number of Topliss-reactive ketones (excluding diaryl/α,β-unsaturated/α-hetero) is 1. The van der Waals surface area contributed by atoms with Crippen molar-refractivity contribution < 1.29 is 18.4 Å². The molecule has 6 heteroatoms. The van der Waals surface area contributed by atoms with Crippen molar-refractivity contribution in [2.24, 2.45) is 0 Å². The average molecular weight is 342 g/mol. The fraction of sp³-hybridized carbons (Fsp3) is 0.368. The number of halogens is 1. The minimum absolute atomic E-state index is 0.0604. The number of nitrogens with zero attached hydrogens (tertiary/aromatic N) is 2. The van der Waals surface area contributed by atoms with Gasteiger partial charge in [0.1, 0.15) is 11.6 Å². The highest BCUT2D eigenvalue weighted by Crippen LogP contribution is 2.26. The van der Waals surface area contributed by atoms with Crippen LogP contribution < -0.4 is 4.90 Å². The monoisotopic (exact) mass is 342 g/mol. The highest BCUT2D eigenvalue weighted by atomic mass is 19.1. The number of ketones is 1. The number of carbonyl (C=O) groups is 2. The van der Waals surface area contributed by atoms with Gasteiger partial charge in [0.25, 0.3) is 5.91 Å². The topological polar surface area (TPSA) is 53.8 Å². The predicted octanol–water partition coefficient (Wildman–Crippen LogP) is 2.90. The molecule has 0 N–H and O–H groups in total. The fourth-order valence-electron chi connectivity index (χ4n) is 3.48. The van der Waals surface area contributed by atoms with E-state index in [0.717, 1.165) is 12.1 Å². The number of furan rings is 1. The standard InChI is InChI=1S/C19H19FN2O3/c20-13-4-6-14(7-5-13)21-8-10-22(11-9-21)19(24)18-12-15-16(23)2-1-3-17(15)25-18/h4-7,12H,1-3,8-11H2. The number of anilines is 1. The molecule has 0 unspecified atom stereocenters. The van der Waals surface area contributed by atoms with E-state index in [2.05, 4.69) is 4.90 Å². The molecule has 1 aliphatic carbocycles. The van der Waals surface area contributed by atoms with Crippen LogP contribution in [0.25, 0.3) is 0 Å². The third kappa shape index (κ3) is 3.04. The molecule has 1 fully saturated rings. The summed E-state index contributed by atoms with van der Waals surface area (Å²) in [6, 6.07) is 7.98. The maximum Gasteiger partial charge on any atom is 0.289 e. The molecule has 0 radical (unpaired) electrons. The lowest BCUT2D eigenvalue weighted by molar-refractivity contribution is 0.0712. The van der Waals surface area contributed by atoms with E-state index in [0.29, 0.717) is 50.3 Å². The third-order valence-corrected chi connectivity index (χ3v) is 4.89. The third-order valence-electron chi connectivity index (χ3n) is 4.89. The molecule has 130 valence electrons. The largest absolute Gasteiger partial charge is 0.455 e. The van der Waals surface area contributed by atoms with Crippen molar-refractivity contribution in [2.75, 3.05) is 31.1 Å². The summed E-state index contributed by atoms with van der Waals surface area (Å²) in [5.41, 5.74) is 1.52. The molecule has 25 heavy (non-hydrogen) atoms. The zero-order chi connectivity index (χ0) is 17.4. The van der Waals surface area contributed by atoms with E-state index in [-0.39, 0.29) is 23.3 Å². The van der Waals surface area contributed by atoms with Gasteiger partial charge in [-0.3, -0.25) is 9.59 Å². The fourth-order valence-corrected chi connectivity index (χ4v) is 3.48. The number of rotatable bonds is 2. The first kappa shape index (κ1) is 15.9. The first-order valence-corrected chi connectivity index (χ1v) is 8.57. The van der Waals surface area contributed by atoms with Crippen LogP contribution in [0.15, 0.2) is 34.7 Å². The van der Waals surface area contributed by atoms with Crippen LogP contribution in [0.2, 0.25) is 0 Å². The Balaban J connectivity index is 1.43. The molecule has 0 saturated carbocycles. The first-order valence-electron chi connectivity index (χ1n) is 8.57. The number of amides is 1. The van der Waals surface area contributed by atoms with Gasteiger partial charge in [-0.25, -0.2) is 4.39 Å². The molecule has 2 aliphatic rings. The van der Waals surface area contributed by atoms with Gasteiger partial charge >= 0.3 is 0 Å². The van der Waals surface area contributed by atoms with E-state index < -0.39 is 0 Å². The van der Waals surface area contributed by atoms with E-state index in [4.69, 9.17) is 4.42 Å². The molecule has 0 atom stereocenters. The molecule has 1 amide bonds. The molecule has 1 aromatic heterocycles. The van der Waals surface area contributed by atoms with Crippen molar-refractivity contribution in [2.45, 2.75) is 19.3 Å². The lowest BCUT2D eigenvalue weighted by Gasteiger charge is -2.35. The summed E-state index contributed by atoms with van der Waals surface area (Å²) in [5.74, 6) is 0.542. The van der Waals surface area contributed by atoms with Gasteiger partial charge in [-0.05, 0) is 30.7 Å². The van der Waals surface area contributed by atoms with E-state index in [1.54, 1.807) is 23.1 Å². The summed E-state index contributed by atoms with van der Waals surface area (Å²) in [5, 5.41) is 0. The number of hydrogen-bond acceptors (Lipinski definition) is 4. The van der Waals surface area contributed by atoms with Gasteiger partial charge < -0.3 is 14.2 Å². The summed E-state index contributed by atoms with van der Waals surface area (Å²) in [7, 11) is 0. The van der Waals surface area contributed by atoms with Crippen molar-refractivity contribution in [3.8, 4) is 0 Å².